The van der Waals surface area contributed by atoms with Gasteiger partial charge in [-0.3, -0.25) is 4.79 Å². The number of nitrogens with one attached hydrogen (secondary N) is 1. The summed E-state index contributed by atoms with van der Waals surface area (Å²) in [7, 11) is 0. The summed E-state index contributed by atoms with van der Waals surface area (Å²) in [5.74, 6) is -0.123. The monoisotopic (exact) mass is 327 g/mol. The van der Waals surface area contributed by atoms with E-state index in [1.165, 1.54) is 17.4 Å². The molecule has 2 N–H and O–H groups in total. The Kier molecular flexibility index (Phi) is 3.93. The quantitative estimate of drug-likeness (QED) is 0.908. The van der Waals surface area contributed by atoms with E-state index in [4.69, 9.17) is 0 Å². The van der Waals surface area contributed by atoms with Gasteiger partial charge >= 0.3 is 0 Å². The van der Waals surface area contributed by atoms with Gasteiger partial charge in [-0.15, -0.1) is 21.5 Å². The maximum atomic E-state index is 12.0. The molecule has 2 rings (SSSR count). The predicted octanol–water partition coefficient (Wildman–Crippen LogP) is 2.50. The minimum atomic E-state index is -0.224. The van der Waals surface area contributed by atoms with Crippen molar-refractivity contribution in [1.82, 2.24) is 15.5 Å². The molecular weight excluding hydrogens is 318 g/mol. The van der Waals surface area contributed by atoms with Crippen LogP contribution in [0.5, 0.6) is 5.75 Å². The lowest BCUT2D eigenvalue weighted by atomic mass is 10.2. The first-order valence-corrected chi connectivity index (χ1v) is 6.80. The zero-order valence-corrected chi connectivity index (χ0v) is 11.8. The number of hydrogen-bond donors (Lipinski definition) is 2. The third-order valence-corrected chi connectivity index (χ3v) is 3.82. The molecule has 0 spiro atoms. The highest BCUT2D eigenvalue weighted by molar-refractivity contribution is 9.10. The number of amides is 1. The maximum absolute atomic E-state index is 12.0. The molecule has 0 aliphatic carbocycles. The Morgan fingerprint density at radius 1 is 1.56 bits per heavy atom. The molecule has 0 aliphatic heterocycles. The number of aromatic nitrogens is 2. The van der Waals surface area contributed by atoms with Crippen LogP contribution in [-0.4, -0.2) is 21.2 Å². The number of halogens is 1. The van der Waals surface area contributed by atoms with Gasteiger partial charge in [0.15, 0.2) is 0 Å². The van der Waals surface area contributed by atoms with Crippen LogP contribution in [0.4, 0.5) is 0 Å². The van der Waals surface area contributed by atoms with Gasteiger partial charge in [-0.05, 0) is 41.1 Å². The van der Waals surface area contributed by atoms with Gasteiger partial charge in [0.25, 0.3) is 5.91 Å². The molecule has 0 fully saturated rings. The lowest BCUT2D eigenvalue weighted by Gasteiger charge is -2.11. The topological polar surface area (TPSA) is 75.1 Å². The average Bonchev–Trinajstić information content (AvgIpc) is 2.86. The van der Waals surface area contributed by atoms with Crippen LogP contribution < -0.4 is 5.32 Å². The molecule has 1 amide bonds. The maximum Gasteiger partial charge on any atom is 0.251 e. The lowest BCUT2D eigenvalue weighted by Crippen LogP contribution is -2.26. The van der Waals surface area contributed by atoms with Crippen molar-refractivity contribution in [3.8, 4) is 5.75 Å². The van der Waals surface area contributed by atoms with Gasteiger partial charge in [0.05, 0.1) is 10.5 Å². The van der Waals surface area contributed by atoms with Gasteiger partial charge < -0.3 is 10.4 Å². The molecule has 0 saturated heterocycles. The Bertz CT molecular complexity index is 559. The van der Waals surface area contributed by atoms with Crippen molar-refractivity contribution in [2.45, 2.75) is 13.0 Å². The second-order valence-electron chi connectivity index (χ2n) is 3.64. The number of nitrogens with zero attached hydrogens (tertiary/aromatic N) is 2. The molecule has 1 atom stereocenters. The Morgan fingerprint density at radius 3 is 2.94 bits per heavy atom. The third-order valence-electron chi connectivity index (χ3n) is 2.30. The summed E-state index contributed by atoms with van der Waals surface area (Å²) in [6, 6.07) is 4.39. The van der Waals surface area contributed by atoms with Crippen molar-refractivity contribution in [1.29, 1.82) is 0 Å². The second-order valence-corrected chi connectivity index (χ2v) is 5.36. The van der Waals surface area contributed by atoms with Crippen molar-refractivity contribution in [2.24, 2.45) is 0 Å². The van der Waals surface area contributed by atoms with E-state index in [0.29, 0.717) is 10.0 Å². The molecule has 1 heterocycles. The number of carbonyl (C=O) groups is 1. The SMILES string of the molecule is CC(NC(=O)c1ccc(O)c(Br)c1)c1nncs1. The molecular formula is C11H10BrN3O2S. The standard InChI is InChI=1S/C11H10BrN3O2S/c1-6(11-15-13-5-18-11)14-10(17)7-2-3-9(16)8(12)4-7/h2-6,16H,1H3,(H,14,17). The largest absolute Gasteiger partial charge is 0.507 e. The van der Waals surface area contributed by atoms with E-state index >= 15 is 0 Å². The van der Waals surface area contributed by atoms with Crippen LogP contribution in [0.2, 0.25) is 0 Å². The van der Waals surface area contributed by atoms with Crippen LogP contribution in [0.15, 0.2) is 28.2 Å². The van der Waals surface area contributed by atoms with E-state index in [9.17, 15) is 9.90 Å². The number of rotatable bonds is 3. The summed E-state index contributed by atoms with van der Waals surface area (Å²) in [6.07, 6.45) is 0. The summed E-state index contributed by atoms with van der Waals surface area (Å²) in [5, 5.41) is 20.6. The molecule has 0 radical (unpaired) electrons. The van der Waals surface area contributed by atoms with E-state index in [2.05, 4.69) is 31.4 Å². The Morgan fingerprint density at radius 2 is 2.33 bits per heavy atom. The van der Waals surface area contributed by atoms with Crippen LogP contribution in [0.25, 0.3) is 0 Å². The number of carbonyl (C=O) groups excluding carboxylic acids is 1. The van der Waals surface area contributed by atoms with Crippen molar-refractivity contribution in [3.63, 3.8) is 0 Å². The molecule has 0 saturated carbocycles. The summed E-state index contributed by atoms with van der Waals surface area (Å²) >= 11 is 4.56. The van der Waals surface area contributed by atoms with Gasteiger partial charge in [-0.2, -0.15) is 0 Å². The minimum Gasteiger partial charge on any atom is -0.507 e. The van der Waals surface area contributed by atoms with E-state index in [1.54, 1.807) is 17.6 Å². The number of phenols is 1. The fourth-order valence-corrected chi connectivity index (χ4v) is 2.30. The first-order chi connectivity index (χ1) is 8.58. The third kappa shape index (κ3) is 2.85. The molecule has 1 aromatic carbocycles. The van der Waals surface area contributed by atoms with Crippen molar-refractivity contribution < 1.29 is 9.90 Å². The molecule has 0 bridgehead atoms. The van der Waals surface area contributed by atoms with E-state index in [0.717, 1.165) is 5.01 Å². The molecule has 18 heavy (non-hydrogen) atoms. The van der Waals surface area contributed by atoms with Gasteiger partial charge in [0.1, 0.15) is 16.3 Å². The van der Waals surface area contributed by atoms with E-state index in [-0.39, 0.29) is 17.7 Å². The molecule has 1 aromatic heterocycles. The number of benzene rings is 1. The van der Waals surface area contributed by atoms with Crippen molar-refractivity contribution in [2.75, 3.05) is 0 Å². The predicted molar refractivity (Wildman–Crippen MR) is 71.6 cm³/mol. The number of hydrogen-bond acceptors (Lipinski definition) is 5. The Balaban J connectivity index is 2.10. The molecule has 5 nitrogen and oxygen atoms in total. The summed E-state index contributed by atoms with van der Waals surface area (Å²) in [5.41, 5.74) is 2.09. The van der Waals surface area contributed by atoms with E-state index in [1.807, 2.05) is 6.92 Å². The number of aromatic hydroxyl groups is 1. The zero-order chi connectivity index (χ0) is 13.1. The molecule has 2 aromatic rings. The van der Waals surface area contributed by atoms with Crippen molar-refractivity contribution >= 4 is 33.2 Å². The van der Waals surface area contributed by atoms with Gasteiger partial charge in [0, 0.05) is 5.56 Å². The Labute approximate surface area is 116 Å². The average molecular weight is 328 g/mol. The van der Waals surface area contributed by atoms with Crippen LogP contribution in [0, 0.1) is 0 Å². The minimum absolute atomic E-state index is 0.101. The highest BCUT2D eigenvalue weighted by Gasteiger charge is 2.14. The Hall–Kier alpha value is -1.47. The van der Waals surface area contributed by atoms with Crippen LogP contribution in [0.1, 0.15) is 28.3 Å². The molecule has 7 heteroatoms. The second kappa shape index (κ2) is 5.45. The smallest absolute Gasteiger partial charge is 0.251 e. The lowest BCUT2D eigenvalue weighted by molar-refractivity contribution is 0.0939. The summed E-state index contributed by atoms with van der Waals surface area (Å²) in [6.45, 7) is 1.84. The highest BCUT2D eigenvalue weighted by Crippen LogP contribution is 2.24. The fourth-order valence-electron chi connectivity index (χ4n) is 1.36. The molecule has 1 unspecified atom stereocenters. The first kappa shape index (κ1) is 13.0. The summed E-state index contributed by atoms with van der Waals surface area (Å²) < 4.78 is 0.485. The van der Waals surface area contributed by atoms with Gasteiger partial charge in [-0.25, -0.2) is 0 Å². The van der Waals surface area contributed by atoms with Crippen molar-refractivity contribution in [3.05, 3.63) is 38.8 Å². The van der Waals surface area contributed by atoms with E-state index < -0.39 is 0 Å². The van der Waals surface area contributed by atoms with Gasteiger partial charge in [0.2, 0.25) is 0 Å². The van der Waals surface area contributed by atoms with Crippen LogP contribution >= 0.6 is 27.3 Å². The zero-order valence-electron chi connectivity index (χ0n) is 9.42. The fraction of sp³-hybridized carbons (Fsp3) is 0.182. The number of phenolic OH excluding ortho intramolecular Hbond substituents is 1. The van der Waals surface area contributed by atoms with Crippen LogP contribution in [0.3, 0.4) is 0 Å². The highest BCUT2D eigenvalue weighted by atomic mass is 79.9. The molecule has 94 valence electrons. The van der Waals surface area contributed by atoms with Gasteiger partial charge in [-0.1, -0.05) is 0 Å². The first-order valence-electron chi connectivity index (χ1n) is 5.13. The summed E-state index contributed by atoms with van der Waals surface area (Å²) in [4.78, 5) is 12.0. The normalized spacial score (nSPS) is 12.1. The molecule has 0 aliphatic rings. The van der Waals surface area contributed by atoms with Crippen LogP contribution in [-0.2, 0) is 0 Å².